The van der Waals surface area contributed by atoms with Gasteiger partial charge in [-0.2, -0.15) is 5.10 Å². The summed E-state index contributed by atoms with van der Waals surface area (Å²) >= 11 is 0. The lowest BCUT2D eigenvalue weighted by molar-refractivity contribution is -0.136. The van der Waals surface area contributed by atoms with Crippen molar-refractivity contribution in [2.24, 2.45) is 5.92 Å². The monoisotopic (exact) mass is 318 g/mol. The van der Waals surface area contributed by atoms with Crippen LogP contribution in [0.2, 0.25) is 0 Å². The van der Waals surface area contributed by atoms with E-state index in [9.17, 15) is 4.79 Å². The fourth-order valence-corrected chi connectivity index (χ4v) is 2.59. The van der Waals surface area contributed by atoms with Crippen LogP contribution < -0.4 is 0 Å². The first-order chi connectivity index (χ1) is 11.0. The van der Waals surface area contributed by atoms with Gasteiger partial charge >= 0.3 is 0 Å². The Labute approximate surface area is 137 Å². The molecule has 0 fully saturated rings. The van der Waals surface area contributed by atoms with Crippen molar-refractivity contribution in [3.8, 4) is 0 Å². The van der Waals surface area contributed by atoms with Gasteiger partial charge in [-0.25, -0.2) is 9.67 Å². The number of amides is 1. The van der Waals surface area contributed by atoms with Gasteiger partial charge in [0.25, 0.3) is 0 Å². The fraction of sp³-hybridized carbons (Fsp3) is 0.588. The van der Waals surface area contributed by atoms with E-state index in [1.807, 2.05) is 42.5 Å². The van der Waals surface area contributed by atoms with E-state index in [-0.39, 0.29) is 11.8 Å². The second kappa shape index (κ2) is 7.94. The zero-order chi connectivity index (χ0) is 16.8. The summed E-state index contributed by atoms with van der Waals surface area (Å²) in [6.07, 6.45) is 3.68. The molecule has 0 aliphatic carbocycles. The minimum absolute atomic E-state index is 0.127. The summed E-state index contributed by atoms with van der Waals surface area (Å²) in [6, 6.07) is 3.75. The maximum atomic E-state index is 12.8. The Morgan fingerprint density at radius 1 is 1.43 bits per heavy atom. The molecule has 0 spiro atoms. The molecule has 1 atom stereocenters. The number of hydrogen-bond acceptors (Lipinski definition) is 4. The van der Waals surface area contributed by atoms with Gasteiger partial charge in [0.05, 0.1) is 25.3 Å². The van der Waals surface area contributed by atoms with Crippen LogP contribution in [0.15, 0.2) is 22.8 Å². The number of rotatable bonds is 8. The number of aromatic nitrogens is 3. The maximum Gasteiger partial charge on any atom is 0.227 e. The molecule has 6 nitrogen and oxygen atoms in total. The molecule has 0 radical (unpaired) electrons. The summed E-state index contributed by atoms with van der Waals surface area (Å²) in [5.74, 6) is 2.37. The highest BCUT2D eigenvalue weighted by Crippen LogP contribution is 2.13. The number of carbonyl (C=O) groups excluding carboxylic acids is 1. The molecule has 0 saturated carbocycles. The van der Waals surface area contributed by atoms with Gasteiger partial charge in [0.2, 0.25) is 5.91 Å². The molecular weight excluding hydrogens is 292 g/mol. The predicted molar refractivity (Wildman–Crippen MR) is 87.7 cm³/mol. The molecule has 6 heteroatoms. The first kappa shape index (κ1) is 17.2. The highest BCUT2D eigenvalue weighted by molar-refractivity contribution is 5.78. The lowest BCUT2D eigenvalue weighted by atomic mass is 10.1. The van der Waals surface area contributed by atoms with Crippen LogP contribution in [-0.4, -0.2) is 32.1 Å². The van der Waals surface area contributed by atoms with Crippen LogP contribution in [0.4, 0.5) is 0 Å². The van der Waals surface area contributed by atoms with Gasteiger partial charge in [-0.15, -0.1) is 0 Å². The van der Waals surface area contributed by atoms with Gasteiger partial charge in [0.15, 0.2) is 0 Å². The molecule has 2 aromatic rings. The number of aryl methyl sites for hydroxylation is 2. The van der Waals surface area contributed by atoms with Gasteiger partial charge in [0, 0.05) is 6.54 Å². The molecule has 126 valence electrons. The summed E-state index contributed by atoms with van der Waals surface area (Å²) < 4.78 is 7.20. The molecule has 23 heavy (non-hydrogen) atoms. The highest BCUT2D eigenvalue weighted by atomic mass is 16.3. The molecule has 0 aliphatic heterocycles. The minimum Gasteiger partial charge on any atom is -0.467 e. The van der Waals surface area contributed by atoms with Crippen LogP contribution in [0.5, 0.6) is 0 Å². The van der Waals surface area contributed by atoms with Crippen molar-refractivity contribution in [3.05, 3.63) is 35.8 Å². The van der Waals surface area contributed by atoms with Crippen molar-refractivity contribution in [3.63, 3.8) is 0 Å². The SMILES string of the molecule is CCCCN(Cc1ccco1)C(=O)C(C)Cn1nc(C)nc1C. The molecule has 2 rings (SSSR count). The quantitative estimate of drug-likeness (QED) is 0.750. The van der Waals surface area contributed by atoms with Gasteiger partial charge < -0.3 is 9.32 Å². The third-order valence-corrected chi connectivity index (χ3v) is 3.85. The smallest absolute Gasteiger partial charge is 0.227 e. The lowest BCUT2D eigenvalue weighted by Gasteiger charge is -2.25. The Kier molecular flexibility index (Phi) is 5.96. The van der Waals surface area contributed by atoms with Gasteiger partial charge in [0.1, 0.15) is 17.4 Å². The van der Waals surface area contributed by atoms with Crippen molar-refractivity contribution in [2.45, 2.75) is 53.6 Å². The summed E-state index contributed by atoms with van der Waals surface area (Å²) in [6.45, 7) is 9.66. The Hall–Kier alpha value is -2.11. The highest BCUT2D eigenvalue weighted by Gasteiger charge is 2.22. The van der Waals surface area contributed by atoms with Gasteiger partial charge in [-0.3, -0.25) is 4.79 Å². The normalized spacial score (nSPS) is 12.3. The van der Waals surface area contributed by atoms with Gasteiger partial charge in [-0.1, -0.05) is 20.3 Å². The Morgan fingerprint density at radius 2 is 2.22 bits per heavy atom. The molecule has 0 bridgehead atoms. The van der Waals surface area contributed by atoms with Crippen LogP contribution in [0.25, 0.3) is 0 Å². The van der Waals surface area contributed by atoms with E-state index in [4.69, 9.17) is 4.42 Å². The summed E-state index contributed by atoms with van der Waals surface area (Å²) in [7, 11) is 0. The molecule has 2 heterocycles. The van der Waals surface area contributed by atoms with Gasteiger partial charge in [-0.05, 0) is 32.4 Å². The minimum atomic E-state index is -0.151. The number of hydrogen-bond donors (Lipinski definition) is 0. The Bertz CT molecular complexity index is 619. The molecule has 0 aliphatic rings. The molecule has 0 aromatic carbocycles. The number of nitrogens with zero attached hydrogens (tertiary/aromatic N) is 4. The molecule has 2 aromatic heterocycles. The van der Waals surface area contributed by atoms with Crippen molar-refractivity contribution in [1.82, 2.24) is 19.7 Å². The van der Waals surface area contributed by atoms with Crippen molar-refractivity contribution < 1.29 is 9.21 Å². The van der Waals surface area contributed by atoms with E-state index in [0.717, 1.165) is 36.8 Å². The number of unbranched alkanes of at least 4 members (excludes halogenated alkanes) is 1. The third kappa shape index (κ3) is 4.68. The zero-order valence-corrected chi connectivity index (χ0v) is 14.5. The molecule has 0 saturated heterocycles. The first-order valence-corrected chi connectivity index (χ1v) is 8.20. The Morgan fingerprint density at radius 3 is 2.78 bits per heavy atom. The van der Waals surface area contributed by atoms with Crippen LogP contribution >= 0.6 is 0 Å². The summed E-state index contributed by atoms with van der Waals surface area (Å²) in [5.41, 5.74) is 0. The first-order valence-electron chi connectivity index (χ1n) is 8.20. The van der Waals surface area contributed by atoms with E-state index in [1.54, 1.807) is 6.26 Å². The van der Waals surface area contributed by atoms with E-state index in [0.29, 0.717) is 13.1 Å². The number of carbonyl (C=O) groups is 1. The van der Waals surface area contributed by atoms with E-state index >= 15 is 0 Å². The average molecular weight is 318 g/mol. The lowest BCUT2D eigenvalue weighted by Crippen LogP contribution is -2.37. The van der Waals surface area contributed by atoms with Crippen molar-refractivity contribution in [2.75, 3.05) is 6.54 Å². The van der Waals surface area contributed by atoms with Crippen LogP contribution in [0.1, 0.15) is 44.1 Å². The van der Waals surface area contributed by atoms with E-state index < -0.39 is 0 Å². The molecule has 0 N–H and O–H groups in total. The average Bonchev–Trinajstić information content (AvgIpc) is 3.12. The molecule has 1 unspecified atom stereocenters. The van der Waals surface area contributed by atoms with E-state index in [2.05, 4.69) is 17.0 Å². The number of furan rings is 1. The summed E-state index contributed by atoms with van der Waals surface area (Å²) in [4.78, 5) is 19.0. The largest absolute Gasteiger partial charge is 0.467 e. The van der Waals surface area contributed by atoms with Crippen LogP contribution in [0, 0.1) is 19.8 Å². The van der Waals surface area contributed by atoms with E-state index in [1.165, 1.54) is 0 Å². The molecular formula is C17H26N4O2. The van der Waals surface area contributed by atoms with Crippen molar-refractivity contribution >= 4 is 5.91 Å². The summed E-state index contributed by atoms with van der Waals surface area (Å²) in [5, 5.41) is 4.35. The van der Waals surface area contributed by atoms with Crippen molar-refractivity contribution in [1.29, 1.82) is 0 Å². The fourth-order valence-electron chi connectivity index (χ4n) is 2.59. The predicted octanol–water partition coefficient (Wildman–Crippen LogP) is 2.95. The maximum absolute atomic E-state index is 12.8. The van der Waals surface area contributed by atoms with Crippen LogP contribution in [-0.2, 0) is 17.9 Å². The third-order valence-electron chi connectivity index (χ3n) is 3.85. The zero-order valence-electron chi connectivity index (χ0n) is 14.5. The van der Waals surface area contributed by atoms with Crippen LogP contribution in [0.3, 0.4) is 0 Å². The topological polar surface area (TPSA) is 64.2 Å². The molecule has 1 amide bonds. The Balaban J connectivity index is 2.04. The second-order valence-electron chi connectivity index (χ2n) is 5.98. The standard InChI is InChI=1S/C17H26N4O2/c1-5-6-9-20(12-16-8-7-10-23-16)17(22)13(2)11-21-15(4)18-14(3)19-21/h7-8,10,13H,5-6,9,11-12H2,1-4H3. The second-order valence-corrected chi connectivity index (χ2v) is 5.98.